The van der Waals surface area contributed by atoms with Crippen molar-refractivity contribution in [1.29, 1.82) is 5.41 Å². The van der Waals surface area contributed by atoms with E-state index in [0.29, 0.717) is 17.9 Å². The molecule has 4 rings (SSSR count). The molecule has 7 nitrogen and oxygen atoms in total. The van der Waals surface area contributed by atoms with Crippen LogP contribution in [-0.2, 0) is 6.54 Å². The minimum atomic E-state index is 0.0772. The van der Waals surface area contributed by atoms with Crippen LogP contribution in [0.2, 0.25) is 0 Å². The van der Waals surface area contributed by atoms with Gasteiger partial charge in [-0.25, -0.2) is 9.97 Å². The number of fused-ring (bicyclic) bond motifs is 1. The van der Waals surface area contributed by atoms with Gasteiger partial charge in [-0.2, -0.15) is 0 Å². The van der Waals surface area contributed by atoms with Gasteiger partial charge in [-0.1, -0.05) is 31.0 Å². The number of nitrogens with two attached hydrogens (primary N) is 1. The second kappa shape index (κ2) is 8.10. The molecule has 0 spiro atoms. The van der Waals surface area contributed by atoms with Crippen LogP contribution >= 0.6 is 22.6 Å². The molecule has 2 heterocycles. The Hall–Kier alpha value is -2.49. The van der Waals surface area contributed by atoms with Gasteiger partial charge >= 0.3 is 0 Å². The van der Waals surface area contributed by atoms with Gasteiger partial charge in [0.15, 0.2) is 0 Å². The lowest BCUT2D eigenvalue weighted by Gasteiger charge is -2.21. The average molecular weight is 502 g/mol. The Labute approximate surface area is 182 Å². The molecule has 2 aromatic heterocycles. The van der Waals surface area contributed by atoms with Gasteiger partial charge in [0, 0.05) is 11.7 Å². The second-order valence-corrected chi connectivity index (χ2v) is 8.52. The second-order valence-electron chi connectivity index (χ2n) is 7.44. The van der Waals surface area contributed by atoms with Crippen molar-refractivity contribution in [3.63, 3.8) is 0 Å². The third-order valence-corrected chi connectivity index (χ3v) is 6.13. The van der Waals surface area contributed by atoms with Crippen molar-refractivity contribution >= 4 is 48.7 Å². The molecule has 3 aromatic rings. The Kier molecular flexibility index (Phi) is 5.53. The van der Waals surface area contributed by atoms with Crippen LogP contribution in [-0.4, -0.2) is 18.3 Å². The summed E-state index contributed by atoms with van der Waals surface area (Å²) in [6.07, 6.45) is 5.72. The Morgan fingerprint density at radius 2 is 2.10 bits per heavy atom. The Balaban J connectivity index is 1.80. The minimum absolute atomic E-state index is 0.0772. The smallest absolute Gasteiger partial charge is 0.259 e. The van der Waals surface area contributed by atoms with Crippen molar-refractivity contribution in [3.05, 3.63) is 57.8 Å². The number of hydrogen-bond donors (Lipinski definition) is 3. The molecule has 0 unspecified atom stereocenters. The van der Waals surface area contributed by atoms with E-state index < -0.39 is 0 Å². The fourth-order valence-corrected chi connectivity index (χ4v) is 4.76. The molecule has 1 fully saturated rings. The van der Waals surface area contributed by atoms with Crippen molar-refractivity contribution in [1.82, 2.24) is 14.5 Å². The number of anilines is 2. The number of rotatable bonds is 5. The van der Waals surface area contributed by atoms with Gasteiger partial charge in [0.05, 0.1) is 17.5 Å². The van der Waals surface area contributed by atoms with Gasteiger partial charge in [-0.15, -0.1) is 0 Å². The van der Waals surface area contributed by atoms with Gasteiger partial charge in [0.2, 0.25) is 0 Å². The lowest BCUT2D eigenvalue weighted by atomic mass is 10.0. The van der Waals surface area contributed by atoms with Gasteiger partial charge in [0.25, 0.3) is 5.56 Å². The minimum Gasteiger partial charge on any atom is -0.383 e. The average Bonchev–Trinajstić information content (AvgIpc) is 3.20. The van der Waals surface area contributed by atoms with Crippen molar-refractivity contribution in [2.45, 2.75) is 45.2 Å². The lowest BCUT2D eigenvalue weighted by Crippen LogP contribution is -2.28. The van der Waals surface area contributed by atoms with Crippen molar-refractivity contribution in [2.24, 2.45) is 0 Å². The lowest BCUT2D eigenvalue weighted by molar-refractivity contribution is 0.488. The van der Waals surface area contributed by atoms with E-state index in [0.717, 1.165) is 47.7 Å². The molecule has 4 N–H and O–H groups in total. The molecule has 0 atom stereocenters. The molecule has 1 aliphatic rings. The predicted molar refractivity (Wildman–Crippen MR) is 125 cm³/mol. The van der Waals surface area contributed by atoms with E-state index in [1.54, 1.807) is 0 Å². The fourth-order valence-electron chi connectivity index (χ4n) is 4.23. The summed E-state index contributed by atoms with van der Waals surface area (Å²) in [5.41, 5.74) is 8.43. The number of aromatic nitrogens is 3. The summed E-state index contributed by atoms with van der Waals surface area (Å²) in [6.45, 7) is 2.41. The number of nitrogen functional groups attached to an aromatic ring is 1. The van der Waals surface area contributed by atoms with Crippen molar-refractivity contribution < 1.29 is 0 Å². The van der Waals surface area contributed by atoms with Gasteiger partial charge in [-0.3, -0.25) is 10.2 Å². The topological polar surface area (TPSA) is 110 Å². The summed E-state index contributed by atoms with van der Waals surface area (Å²) >= 11 is 1.90. The maximum atomic E-state index is 13.5. The maximum absolute atomic E-state index is 13.5. The zero-order valence-electron chi connectivity index (χ0n) is 16.2. The molecule has 0 radical (unpaired) electrons. The van der Waals surface area contributed by atoms with E-state index >= 15 is 0 Å². The molecule has 0 saturated heterocycles. The highest BCUT2D eigenvalue weighted by Crippen LogP contribution is 2.31. The largest absolute Gasteiger partial charge is 0.383 e. The number of nitrogens with one attached hydrogen (secondary N) is 2. The molecule has 1 aliphatic carbocycles. The van der Waals surface area contributed by atoms with E-state index in [1.807, 2.05) is 52.3 Å². The molecule has 1 saturated carbocycles. The number of halogens is 1. The SMILES string of the molecule is Cc1cccc2cc(CNc3ncnc(N)c3C(=N)I)n(C3CCCC3)c(=O)c12. The molecular formula is C21H23IN6O. The quantitative estimate of drug-likeness (QED) is 0.359. The van der Waals surface area contributed by atoms with Crippen LogP contribution in [0.25, 0.3) is 10.8 Å². The van der Waals surface area contributed by atoms with Crippen molar-refractivity contribution in [2.75, 3.05) is 11.1 Å². The zero-order valence-corrected chi connectivity index (χ0v) is 18.4. The number of nitrogens with zero attached hydrogens (tertiary/aromatic N) is 3. The highest BCUT2D eigenvalue weighted by Gasteiger charge is 2.22. The number of benzene rings is 1. The van der Waals surface area contributed by atoms with Crippen LogP contribution in [0, 0.1) is 12.3 Å². The van der Waals surface area contributed by atoms with Gasteiger partial charge in [0.1, 0.15) is 21.7 Å². The van der Waals surface area contributed by atoms with Gasteiger partial charge < -0.3 is 15.6 Å². The number of aryl methyl sites for hydroxylation is 1. The Morgan fingerprint density at radius 1 is 1.34 bits per heavy atom. The summed E-state index contributed by atoms with van der Waals surface area (Å²) in [5, 5.41) is 13.0. The van der Waals surface area contributed by atoms with Crippen LogP contribution < -0.4 is 16.6 Å². The molecule has 0 amide bonds. The molecule has 1 aromatic carbocycles. The van der Waals surface area contributed by atoms with Crippen LogP contribution in [0.5, 0.6) is 0 Å². The van der Waals surface area contributed by atoms with Gasteiger partial charge in [-0.05, 0) is 59.4 Å². The first-order valence-electron chi connectivity index (χ1n) is 9.70. The van der Waals surface area contributed by atoms with Crippen LogP contribution in [0.4, 0.5) is 11.6 Å². The Morgan fingerprint density at radius 3 is 2.83 bits per heavy atom. The molecule has 150 valence electrons. The first-order valence-corrected chi connectivity index (χ1v) is 10.8. The summed E-state index contributed by atoms with van der Waals surface area (Å²) in [6, 6.07) is 8.27. The first-order chi connectivity index (χ1) is 14.0. The number of hydrogen-bond acceptors (Lipinski definition) is 6. The normalized spacial score (nSPS) is 14.4. The van der Waals surface area contributed by atoms with E-state index in [1.165, 1.54) is 6.33 Å². The molecule has 0 aliphatic heterocycles. The summed E-state index contributed by atoms with van der Waals surface area (Å²) < 4.78 is 2.24. The molecular weight excluding hydrogens is 479 g/mol. The van der Waals surface area contributed by atoms with E-state index in [4.69, 9.17) is 11.1 Å². The van der Waals surface area contributed by atoms with Crippen LogP contribution in [0.1, 0.15) is 48.5 Å². The first kappa shape index (κ1) is 19.8. The molecule has 0 bridgehead atoms. The third kappa shape index (κ3) is 3.73. The summed E-state index contributed by atoms with van der Waals surface area (Å²) in [5.74, 6) is 0.774. The summed E-state index contributed by atoms with van der Waals surface area (Å²) in [7, 11) is 0. The fraction of sp³-hybridized carbons (Fsp3) is 0.333. The highest BCUT2D eigenvalue weighted by molar-refractivity contribution is 14.1. The maximum Gasteiger partial charge on any atom is 0.259 e. The van der Waals surface area contributed by atoms with E-state index in [9.17, 15) is 4.79 Å². The van der Waals surface area contributed by atoms with E-state index in [-0.39, 0.29) is 21.1 Å². The van der Waals surface area contributed by atoms with Crippen molar-refractivity contribution in [3.8, 4) is 0 Å². The van der Waals surface area contributed by atoms with Crippen LogP contribution in [0.15, 0.2) is 35.4 Å². The highest BCUT2D eigenvalue weighted by atomic mass is 127. The summed E-state index contributed by atoms with van der Waals surface area (Å²) in [4.78, 5) is 21.7. The monoisotopic (exact) mass is 502 g/mol. The third-order valence-electron chi connectivity index (χ3n) is 5.59. The molecule has 8 heteroatoms. The zero-order chi connectivity index (χ0) is 20.5. The predicted octanol–water partition coefficient (Wildman–Crippen LogP) is 4.17. The number of pyridine rings is 1. The molecule has 29 heavy (non-hydrogen) atoms. The van der Waals surface area contributed by atoms with Crippen LogP contribution in [0.3, 0.4) is 0 Å². The van der Waals surface area contributed by atoms with E-state index in [2.05, 4.69) is 21.4 Å². The Bertz CT molecular complexity index is 1150. The standard InChI is InChI=1S/C21H23IN6O/c1-12-5-4-6-13-9-15(28(21(29)16(12)13)14-7-2-3-8-14)10-25-20-17(18(22)23)19(24)26-11-27-20/h4-6,9,11,14,23H,2-3,7-8,10H2,1H3,(H3,24,25,26,27).